The third-order valence-corrected chi connectivity index (χ3v) is 6.80. The van der Waals surface area contributed by atoms with Crippen molar-refractivity contribution in [3.8, 4) is 0 Å². The third-order valence-electron chi connectivity index (χ3n) is 4.62. The number of piperidine rings is 1. The fourth-order valence-electron chi connectivity index (χ4n) is 3.57. The highest BCUT2D eigenvalue weighted by molar-refractivity contribution is 7.92. The highest BCUT2D eigenvalue weighted by atomic mass is 32.2. The SMILES string of the molecule is Cc1ccc(S(=O)(=O)[C@H]2C(=O)CC(C)N3C(=O)CC[C@H]23)cc1. The van der Waals surface area contributed by atoms with Crippen LogP contribution < -0.4 is 0 Å². The first kappa shape index (κ1) is 15.2. The summed E-state index contributed by atoms with van der Waals surface area (Å²) in [6, 6.07) is 5.79. The molecule has 0 N–H and O–H groups in total. The second-order valence-corrected chi connectivity index (χ2v) is 8.27. The first-order valence-electron chi connectivity index (χ1n) is 7.47. The number of carbonyl (C=O) groups excluding carboxylic acids is 2. The smallest absolute Gasteiger partial charge is 0.223 e. The molecule has 0 bridgehead atoms. The van der Waals surface area contributed by atoms with Crippen LogP contribution in [0.3, 0.4) is 0 Å². The van der Waals surface area contributed by atoms with Gasteiger partial charge < -0.3 is 4.90 Å². The number of nitrogens with zero attached hydrogens (tertiary/aromatic N) is 1. The molecule has 0 radical (unpaired) electrons. The number of sulfone groups is 1. The van der Waals surface area contributed by atoms with E-state index in [-0.39, 0.29) is 29.0 Å². The maximum atomic E-state index is 12.9. The van der Waals surface area contributed by atoms with E-state index < -0.39 is 21.1 Å². The summed E-state index contributed by atoms with van der Waals surface area (Å²) in [6.07, 6.45) is 0.866. The number of carbonyl (C=O) groups is 2. The zero-order valence-corrected chi connectivity index (χ0v) is 13.5. The summed E-state index contributed by atoms with van der Waals surface area (Å²) in [6.45, 7) is 3.68. The normalized spacial score (nSPS) is 28.8. The molecule has 2 aliphatic heterocycles. The molecule has 1 unspecified atom stereocenters. The number of ketones is 1. The van der Waals surface area contributed by atoms with Crippen LogP contribution in [0.25, 0.3) is 0 Å². The van der Waals surface area contributed by atoms with Gasteiger partial charge in [0.15, 0.2) is 15.6 Å². The van der Waals surface area contributed by atoms with Gasteiger partial charge in [0.2, 0.25) is 5.91 Å². The molecule has 0 spiro atoms. The van der Waals surface area contributed by atoms with Crippen molar-refractivity contribution in [2.45, 2.75) is 55.3 Å². The van der Waals surface area contributed by atoms with Crippen molar-refractivity contribution in [1.82, 2.24) is 4.90 Å². The van der Waals surface area contributed by atoms with Crippen LogP contribution in [-0.4, -0.2) is 42.3 Å². The van der Waals surface area contributed by atoms with Crippen molar-refractivity contribution in [3.63, 3.8) is 0 Å². The van der Waals surface area contributed by atoms with E-state index in [0.29, 0.717) is 12.8 Å². The van der Waals surface area contributed by atoms with Crippen LogP contribution in [-0.2, 0) is 19.4 Å². The molecule has 2 aliphatic rings. The van der Waals surface area contributed by atoms with Crippen molar-refractivity contribution in [3.05, 3.63) is 29.8 Å². The third kappa shape index (κ3) is 2.26. The molecule has 118 valence electrons. The van der Waals surface area contributed by atoms with Gasteiger partial charge in [0.05, 0.1) is 10.9 Å². The fourth-order valence-corrected chi connectivity index (χ4v) is 5.50. The number of aryl methyl sites for hydroxylation is 1. The number of fused-ring (bicyclic) bond motifs is 1. The molecular weight excluding hydrogens is 302 g/mol. The Morgan fingerprint density at radius 3 is 2.41 bits per heavy atom. The van der Waals surface area contributed by atoms with Crippen LogP contribution in [0.1, 0.15) is 31.7 Å². The van der Waals surface area contributed by atoms with Gasteiger partial charge >= 0.3 is 0 Å². The van der Waals surface area contributed by atoms with Crippen LogP contribution in [0.4, 0.5) is 0 Å². The molecule has 1 aromatic carbocycles. The van der Waals surface area contributed by atoms with E-state index in [1.165, 1.54) is 12.1 Å². The minimum absolute atomic E-state index is 0.0471. The van der Waals surface area contributed by atoms with Crippen molar-refractivity contribution in [2.24, 2.45) is 0 Å². The van der Waals surface area contributed by atoms with E-state index in [0.717, 1.165) is 5.56 Å². The van der Waals surface area contributed by atoms with E-state index in [9.17, 15) is 18.0 Å². The summed E-state index contributed by atoms with van der Waals surface area (Å²) in [7, 11) is -3.77. The molecule has 0 saturated carbocycles. The van der Waals surface area contributed by atoms with Crippen molar-refractivity contribution in [2.75, 3.05) is 0 Å². The second-order valence-electron chi connectivity index (χ2n) is 6.21. The molecule has 5 nitrogen and oxygen atoms in total. The largest absolute Gasteiger partial charge is 0.335 e. The van der Waals surface area contributed by atoms with E-state index >= 15 is 0 Å². The standard InChI is InChI=1S/C16H19NO4S/c1-10-3-5-12(6-4-10)22(20,21)16-13-7-8-15(19)17(13)11(2)9-14(16)18/h3-6,11,13,16H,7-9H2,1-2H3/t11?,13-,16-/m1/s1. The maximum absolute atomic E-state index is 12.9. The van der Waals surface area contributed by atoms with Crippen LogP contribution >= 0.6 is 0 Å². The van der Waals surface area contributed by atoms with Gasteiger partial charge in [0.1, 0.15) is 5.25 Å². The Morgan fingerprint density at radius 1 is 1.14 bits per heavy atom. The molecule has 22 heavy (non-hydrogen) atoms. The van der Waals surface area contributed by atoms with E-state index in [4.69, 9.17) is 0 Å². The predicted molar refractivity (Wildman–Crippen MR) is 81.1 cm³/mol. The van der Waals surface area contributed by atoms with Gasteiger partial charge in [0, 0.05) is 18.9 Å². The minimum Gasteiger partial charge on any atom is -0.335 e. The average molecular weight is 321 g/mol. The molecule has 0 aromatic heterocycles. The predicted octanol–water partition coefficient (Wildman–Crippen LogP) is 1.49. The molecule has 2 heterocycles. The monoisotopic (exact) mass is 321 g/mol. The van der Waals surface area contributed by atoms with Gasteiger partial charge in [-0.3, -0.25) is 9.59 Å². The van der Waals surface area contributed by atoms with Crippen molar-refractivity contribution >= 4 is 21.5 Å². The summed E-state index contributed by atoms with van der Waals surface area (Å²) < 4.78 is 25.8. The number of rotatable bonds is 2. The number of benzene rings is 1. The minimum atomic E-state index is -3.77. The Morgan fingerprint density at radius 2 is 1.77 bits per heavy atom. The molecule has 1 aromatic rings. The zero-order valence-electron chi connectivity index (χ0n) is 12.7. The molecule has 1 amide bonds. The Bertz CT molecular complexity index is 723. The van der Waals surface area contributed by atoms with E-state index in [1.54, 1.807) is 17.0 Å². The molecule has 3 atom stereocenters. The van der Waals surface area contributed by atoms with Crippen molar-refractivity contribution in [1.29, 1.82) is 0 Å². The summed E-state index contributed by atoms with van der Waals surface area (Å²) in [5, 5.41) is -1.13. The van der Waals surface area contributed by atoms with Gasteiger partial charge in [-0.25, -0.2) is 8.42 Å². The Labute approximate surface area is 130 Å². The molecule has 2 fully saturated rings. The first-order valence-corrected chi connectivity index (χ1v) is 9.01. The average Bonchev–Trinajstić information content (AvgIpc) is 2.81. The number of hydrogen-bond acceptors (Lipinski definition) is 4. The van der Waals surface area contributed by atoms with Gasteiger partial charge in [-0.2, -0.15) is 0 Å². The molecule has 2 saturated heterocycles. The summed E-state index contributed by atoms with van der Waals surface area (Å²) in [5.41, 5.74) is 0.959. The molecule has 0 aliphatic carbocycles. The topological polar surface area (TPSA) is 71.5 Å². The van der Waals surface area contributed by atoms with Gasteiger partial charge in [-0.05, 0) is 32.4 Å². The zero-order chi connectivity index (χ0) is 16.1. The van der Waals surface area contributed by atoms with Crippen LogP contribution in [0.2, 0.25) is 0 Å². The molecule has 3 rings (SSSR count). The lowest BCUT2D eigenvalue weighted by Gasteiger charge is -2.39. The van der Waals surface area contributed by atoms with Crippen LogP contribution in [0, 0.1) is 6.92 Å². The summed E-state index contributed by atoms with van der Waals surface area (Å²) >= 11 is 0. The van der Waals surface area contributed by atoms with E-state index in [1.807, 2.05) is 13.8 Å². The summed E-state index contributed by atoms with van der Waals surface area (Å²) in [5.74, 6) is -0.321. The van der Waals surface area contributed by atoms with Crippen LogP contribution in [0.15, 0.2) is 29.2 Å². The summed E-state index contributed by atoms with van der Waals surface area (Å²) in [4.78, 5) is 26.2. The fraction of sp³-hybridized carbons (Fsp3) is 0.500. The van der Waals surface area contributed by atoms with Crippen LogP contribution in [0.5, 0.6) is 0 Å². The Balaban J connectivity index is 2.03. The molecule has 6 heteroatoms. The highest BCUT2D eigenvalue weighted by Gasteiger charge is 2.52. The lowest BCUT2D eigenvalue weighted by molar-refractivity contribution is -0.135. The quantitative estimate of drug-likeness (QED) is 0.827. The number of hydrogen-bond donors (Lipinski definition) is 0. The number of amides is 1. The Kier molecular flexibility index (Phi) is 3.59. The highest BCUT2D eigenvalue weighted by Crippen LogP contribution is 2.36. The second kappa shape index (κ2) is 5.19. The van der Waals surface area contributed by atoms with Gasteiger partial charge in [-0.15, -0.1) is 0 Å². The number of Topliss-reactive ketones (excluding diaryl/α,β-unsaturated/α-hetero) is 1. The van der Waals surface area contributed by atoms with Gasteiger partial charge in [0.25, 0.3) is 0 Å². The van der Waals surface area contributed by atoms with Crippen molar-refractivity contribution < 1.29 is 18.0 Å². The van der Waals surface area contributed by atoms with Gasteiger partial charge in [-0.1, -0.05) is 17.7 Å². The lowest BCUT2D eigenvalue weighted by atomic mass is 9.96. The van der Waals surface area contributed by atoms with E-state index in [2.05, 4.69) is 0 Å². The first-order chi connectivity index (χ1) is 10.3. The molecular formula is C16H19NO4S. The maximum Gasteiger partial charge on any atom is 0.223 e. The Hall–Kier alpha value is -1.69. The lowest BCUT2D eigenvalue weighted by Crippen LogP contribution is -2.57.